The Morgan fingerprint density at radius 1 is 0.794 bits per heavy atom. The van der Waals surface area contributed by atoms with Gasteiger partial charge in [-0.2, -0.15) is 0 Å². The quantitative estimate of drug-likeness (QED) is 0.440. The van der Waals surface area contributed by atoms with Gasteiger partial charge in [0.25, 0.3) is 0 Å². The van der Waals surface area contributed by atoms with E-state index in [0.717, 1.165) is 24.8 Å². The summed E-state index contributed by atoms with van der Waals surface area (Å²) in [7, 11) is -3.67. The molecule has 176 valence electrons. The Morgan fingerprint density at radius 2 is 1.50 bits per heavy atom. The molecule has 0 fully saturated rings. The molecule has 1 aliphatic carbocycles. The van der Waals surface area contributed by atoms with Crippen molar-refractivity contribution in [2.75, 3.05) is 5.32 Å². The largest absolute Gasteiger partial charge is 0.326 e. The second-order valence-electron chi connectivity index (χ2n) is 8.50. The van der Waals surface area contributed by atoms with Crippen LogP contribution in [-0.2, 0) is 34.2 Å². The van der Waals surface area contributed by atoms with E-state index in [0.29, 0.717) is 11.3 Å². The number of carbonyl (C=O) groups is 2. The third kappa shape index (κ3) is 6.18. The van der Waals surface area contributed by atoms with Crippen LogP contribution in [0.5, 0.6) is 0 Å². The first-order valence-corrected chi connectivity index (χ1v) is 13.0. The van der Waals surface area contributed by atoms with Gasteiger partial charge in [-0.1, -0.05) is 42.5 Å². The Labute approximate surface area is 200 Å². The maximum absolute atomic E-state index is 12.6. The molecule has 1 amide bonds. The highest BCUT2D eigenvalue weighted by Gasteiger charge is 2.16. The Balaban J connectivity index is 1.28. The summed E-state index contributed by atoms with van der Waals surface area (Å²) >= 11 is 0. The number of anilines is 1. The average Bonchev–Trinajstić information content (AvgIpc) is 2.87. The van der Waals surface area contributed by atoms with E-state index in [1.54, 1.807) is 12.1 Å². The van der Waals surface area contributed by atoms with E-state index in [9.17, 15) is 18.0 Å². The van der Waals surface area contributed by atoms with E-state index in [4.69, 9.17) is 0 Å². The summed E-state index contributed by atoms with van der Waals surface area (Å²) in [4.78, 5) is 25.0. The zero-order chi connectivity index (χ0) is 24.0. The van der Waals surface area contributed by atoms with E-state index in [1.165, 1.54) is 29.7 Å². The molecule has 0 bridgehead atoms. The maximum atomic E-state index is 12.6. The van der Waals surface area contributed by atoms with Crippen LogP contribution in [0.15, 0.2) is 77.7 Å². The SMILES string of the molecule is O=C(CCC(=O)c1ccc2c(c1)CCCC2)Nc1ccc(S(=O)(=O)NCc2ccccc2)cc1. The van der Waals surface area contributed by atoms with Crippen LogP contribution in [-0.4, -0.2) is 20.1 Å². The van der Waals surface area contributed by atoms with E-state index < -0.39 is 10.0 Å². The van der Waals surface area contributed by atoms with Gasteiger partial charge in [-0.05, 0) is 72.7 Å². The van der Waals surface area contributed by atoms with E-state index in [-0.39, 0.29) is 36.0 Å². The zero-order valence-corrected chi connectivity index (χ0v) is 19.7. The molecular weight excluding hydrogens is 448 g/mol. The van der Waals surface area contributed by atoms with Gasteiger partial charge in [0.1, 0.15) is 0 Å². The van der Waals surface area contributed by atoms with Crippen molar-refractivity contribution in [1.82, 2.24) is 4.72 Å². The maximum Gasteiger partial charge on any atom is 0.240 e. The Bertz CT molecular complexity index is 1270. The van der Waals surface area contributed by atoms with Crippen LogP contribution in [0, 0.1) is 0 Å². The number of hydrogen-bond donors (Lipinski definition) is 2. The van der Waals surface area contributed by atoms with Gasteiger partial charge >= 0.3 is 0 Å². The minimum absolute atomic E-state index is 0.0468. The van der Waals surface area contributed by atoms with Gasteiger partial charge in [0.15, 0.2) is 5.78 Å². The third-order valence-electron chi connectivity index (χ3n) is 6.01. The molecule has 4 rings (SSSR count). The molecule has 0 atom stereocenters. The molecule has 0 saturated heterocycles. The molecule has 1 aliphatic rings. The standard InChI is InChI=1S/C27H28N2O4S/c30-26(23-11-10-21-8-4-5-9-22(21)18-23)16-17-27(31)29-24-12-14-25(15-13-24)34(32,33)28-19-20-6-2-1-3-7-20/h1-3,6-7,10-15,18,28H,4-5,8-9,16-17,19H2,(H,29,31). The van der Waals surface area contributed by atoms with Gasteiger partial charge in [0, 0.05) is 30.6 Å². The number of rotatable bonds is 9. The van der Waals surface area contributed by atoms with Gasteiger partial charge in [0.05, 0.1) is 4.90 Å². The van der Waals surface area contributed by atoms with E-state index in [2.05, 4.69) is 10.0 Å². The molecule has 6 nitrogen and oxygen atoms in total. The van der Waals surface area contributed by atoms with Gasteiger partial charge in [0.2, 0.25) is 15.9 Å². The van der Waals surface area contributed by atoms with Crippen molar-refractivity contribution >= 4 is 27.4 Å². The number of amides is 1. The summed E-state index contributed by atoms with van der Waals surface area (Å²) in [6.45, 7) is 0.194. The van der Waals surface area contributed by atoms with Gasteiger partial charge in [-0.15, -0.1) is 0 Å². The number of sulfonamides is 1. The number of hydrogen-bond acceptors (Lipinski definition) is 4. The lowest BCUT2D eigenvalue weighted by atomic mass is 9.89. The summed E-state index contributed by atoms with van der Waals surface area (Å²) in [5.41, 5.74) is 4.57. The van der Waals surface area contributed by atoms with Crippen LogP contribution in [0.3, 0.4) is 0 Å². The molecule has 0 aromatic heterocycles. The van der Waals surface area contributed by atoms with Crippen LogP contribution in [0.2, 0.25) is 0 Å². The number of Topliss-reactive ketones (excluding diaryl/α,β-unsaturated/α-hetero) is 1. The highest BCUT2D eigenvalue weighted by molar-refractivity contribution is 7.89. The fraction of sp³-hybridized carbons (Fsp3) is 0.259. The molecule has 0 spiro atoms. The topological polar surface area (TPSA) is 92.3 Å². The number of benzene rings is 3. The molecule has 0 unspecified atom stereocenters. The molecule has 0 saturated carbocycles. The van der Waals surface area contributed by atoms with Crippen LogP contribution in [0.25, 0.3) is 0 Å². The predicted octanol–water partition coefficient (Wildman–Crippen LogP) is 4.65. The molecular formula is C27H28N2O4S. The molecule has 3 aromatic carbocycles. The van der Waals surface area contributed by atoms with E-state index in [1.807, 2.05) is 48.5 Å². The lowest BCUT2D eigenvalue weighted by Gasteiger charge is -2.16. The van der Waals surface area contributed by atoms with Gasteiger partial charge in [-0.3, -0.25) is 9.59 Å². The molecule has 34 heavy (non-hydrogen) atoms. The molecule has 0 aliphatic heterocycles. The fourth-order valence-electron chi connectivity index (χ4n) is 4.08. The minimum Gasteiger partial charge on any atom is -0.326 e. The first kappa shape index (κ1) is 23.9. The molecule has 0 radical (unpaired) electrons. The second-order valence-corrected chi connectivity index (χ2v) is 10.3. The minimum atomic E-state index is -3.67. The van der Waals surface area contributed by atoms with Crippen LogP contribution >= 0.6 is 0 Å². The van der Waals surface area contributed by atoms with Crippen molar-refractivity contribution in [3.05, 3.63) is 95.1 Å². The molecule has 3 aromatic rings. The highest BCUT2D eigenvalue weighted by atomic mass is 32.2. The smallest absolute Gasteiger partial charge is 0.240 e. The fourth-order valence-corrected chi connectivity index (χ4v) is 5.09. The number of aryl methyl sites for hydroxylation is 2. The normalized spacial score (nSPS) is 13.2. The number of ketones is 1. The summed E-state index contributed by atoms with van der Waals surface area (Å²) in [6.07, 6.45) is 4.60. The number of nitrogens with one attached hydrogen (secondary N) is 2. The zero-order valence-electron chi connectivity index (χ0n) is 18.9. The average molecular weight is 477 g/mol. The number of fused-ring (bicyclic) bond motifs is 1. The van der Waals surface area contributed by atoms with Crippen molar-refractivity contribution in [2.45, 2.75) is 50.0 Å². The van der Waals surface area contributed by atoms with Gasteiger partial charge < -0.3 is 5.32 Å². The predicted molar refractivity (Wildman–Crippen MR) is 132 cm³/mol. The summed E-state index contributed by atoms with van der Waals surface area (Å²) in [5.74, 6) is -0.335. The summed E-state index contributed by atoms with van der Waals surface area (Å²) < 4.78 is 27.6. The highest BCUT2D eigenvalue weighted by Crippen LogP contribution is 2.23. The van der Waals surface area contributed by atoms with Crippen molar-refractivity contribution in [1.29, 1.82) is 0 Å². The lowest BCUT2D eigenvalue weighted by molar-refractivity contribution is -0.116. The lowest BCUT2D eigenvalue weighted by Crippen LogP contribution is -2.23. The first-order valence-electron chi connectivity index (χ1n) is 11.5. The number of carbonyl (C=O) groups excluding carboxylic acids is 2. The molecule has 0 heterocycles. The van der Waals surface area contributed by atoms with Crippen molar-refractivity contribution in [2.24, 2.45) is 0 Å². The summed E-state index contributed by atoms with van der Waals surface area (Å²) in [5, 5.41) is 2.73. The monoisotopic (exact) mass is 476 g/mol. The Kier molecular flexibility index (Phi) is 7.55. The van der Waals surface area contributed by atoms with E-state index >= 15 is 0 Å². The van der Waals surface area contributed by atoms with Crippen LogP contribution < -0.4 is 10.0 Å². The summed E-state index contributed by atoms with van der Waals surface area (Å²) in [6, 6.07) is 21.1. The Morgan fingerprint density at radius 3 is 2.24 bits per heavy atom. The second kappa shape index (κ2) is 10.8. The van der Waals surface area contributed by atoms with Crippen LogP contribution in [0.4, 0.5) is 5.69 Å². The van der Waals surface area contributed by atoms with Crippen molar-refractivity contribution < 1.29 is 18.0 Å². The third-order valence-corrected chi connectivity index (χ3v) is 7.42. The first-order chi connectivity index (χ1) is 16.4. The Hall–Kier alpha value is -3.29. The van der Waals surface area contributed by atoms with Crippen LogP contribution in [0.1, 0.15) is 52.7 Å². The van der Waals surface area contributed by atoms with Crippen molar-refractivity contribution in [3.63, 3.8) is 0 Å². The van der Waals surface area contributed by atoms with Gasteiger partial charge in [-0.25, -0.2) is 13.1 Å². The van der Waals surface area contributed by atoms with Crippen molar-refractivity contribution in [3.8, 4) is 0 Å². The molecule has 7 heteroatoms. The molecule has 2 N–H and O–H groups in total.